The molecule has 2 nitrogen and oxygen atoms in total. The van der Waals surface area contributed by atoms with Gasteiger partial charge in [0, 0.05) is 0 Å². The van der Waals surface area contributed by atoms with E-state index in [0.717, 1.165) is 44.5 Å². The molecule has 1 aliphatic heterocycles. The van der Waals surface area contributed by atoms with Crippen LogP contribution in [0.1, 0.15) is 76.5 Å². The van der Waals surface area contributed by atoms with E-state index in [-0.39, 0.29) is 5.82 Å². The zero-order chi connectivity index (χ0) is 24.6. The van der Waals surface area contributed by atoms with E-state index in [1.807, 2.05) is 20.0 Å². The van der Waals surface area contributed by atoms with E-state index in [1.54, 1.807) is 18.3 Å². The van der Waals surface area contributed by atoms with Crippen molar-refractivity contribution >= 4 is 0 Å². The molecule has 1 atom stereocenters. The number of ether oxygens (including phenoxy) is 1. The summed E-state index contributed by atoms with van der Waals surface area (Å²) in [4.78, 5) is 0. The summed E-state index contributed by atoms with van der Waals surface area (Å²) >= 11 is 0. The maximum absolute atomic E-state index is 12.2. The molecule has 180 valence electrons. The van der Waals surface area contributed by atoms with Gasteiger partial charge in [0.25, 0.3) is 0 Å². The van der Waals surface area contributed by atoms with Crippen LogP contribution in [0, 0.1) is 5.82 Å². The summed E-state index contributed by atoms with van der Waals surface area (Å²) in [6.45, 7) is 18.7. The lowest BCUT2D eigenvalue weighted by atomic mass is 9.87. The van der Waals surface area contributed by atoms with Crippen molar-refractivity contribution in [3.05, 3.63) is 102 Å². The lowest BCUT2D eigenvalue weighted by molar-refractivity contribution is 0.266. The van der Waals surface area contributed by atoms with Crippen molar-refractivity contribution in [2.24, 2.45) is 0 Å². The van der Waals surface area contributed by atoms with E-state index >= 15 is 0 Å². The van der Waals surface area contributed by atoms with Crippen LogP contribution < -0.4 is 10.1 Å². The first-order chi connectivity index (χ1) is 15.8. The van der Waals surface area contributed by atoms with Gasteiger partial charge in [0.2, 0.25) is 0 Å². The van der Waals surface area contributed by atoms with Crippen LogP contribution >= 0.6 is 0 Å². The van der Waals surface area contributed by atoms with Crippen LogP contribution in [0.3, 0.4) is 0 Å². The molecule has 1 unspecified atom stereocenters. The van der Waals surface area contributed by atoms with Gasteiger partial charge in [-0.1, -0.05) is 62.8 Å². The topological polar surface area (TPSA) is 21.3 Å². The van der Waals surface area contributed by atoms with Gasteiger partial charge in [-0.05, 0) is 99.2 Å². The number of fused-ring (bicyclic) bond motifs is 1. The molecule has 0 saturated heterocycles. The maximum Gasteiger partial charge on any atom is 0.123 e. The predicted molar refractivity (Wildman–Crippen MR) is 141 cm³/mol. The van der Waals surface area contributed by atoms with Gasteiger partial charge in [0.1, 0.15) is 11.6 Å². The van der Waals surface area contributed by atoms with E-state index in [4.69, 9.17) is 4.74 Å². The summed E-state index contributed by atoms with van der Waals surface area (Å²) in [6.07, 6.45) is 9.07. The van der Waals surface area contributed by atoms with Crippen LogP contribution in [0.4, 0.5) is 4.39 Å². The number of benzene rings is 2. The van der Waals surface area contributed by atoms with Crippen molar-refractivity contribution in [2.45, 2.75) is 72.6 Å². The fraction of sp³-hybridized carbons (Fsp3) is 0.400. The van der Waals surface area contributed by atoms with Crippen LogP contribution in [-0.2, 0) is 12.8 Å². The van der Waals surface area contributed by atoms with Gasteiger partial charge in [-0.2, -0.15) is 0 Å². The van der Waals surface area contributed by atoms with Gasteiger partial charge in [-0.3, -0.25) is 0 Å². The van der Waals surface area contributed by atoms with Gasteiger partial charge < -0.3 is 10.1 Å². The highest BCUT2D eigenvalue weighted by atomic mass is 19.1. The minimum absolute atomic E-state index is 0.160. The number of hydrogen-bond donors (Lipinski definition) is 1. The summed E-state index contributed by atoms with van der Waals surface area (Å²) < 4.78 is 18.0. The second-order valence-corrected chi connectivity index (χ2v) is 8.42. The molecule has 33 heavy (non-hydrogen) atoms. The molecule has 2 aromatic rings. The Morgan fingerprint density at radius 1 is 1.06 bits per heavy atom. The summed E-state index contributed by atoms with van der Waals surface area (Å²) in [5, 5.41) is 3.05. The summed E-state index contributed by atoms with van der Waals surface area (Å²) in [5.74, 6) is 1.48. The van der Waals surface area contributed by atoms with E-state index in [9.17, 15) is 4.39 Å². The molecule has 1 aliphatic rings. The lowest BCUT2D eigenvalue weighted by Crippen LogP contribution is -2.15. The molecule has 0 aliphatic carbocycles. The number of halogens is 1. The van der Waals surface area contributed by atoms with E-state index in [0.29, 0.717) is 5.92 Å². The minimum atomic E-state index is -0.160. The number of aryl methyl sites for hydroxylation is 2. The average molecular weight is 452 g/mol. The standard InChI is InChI=1S/C17H23NO.C8H9F.C5H10/c1-4-14-6-7-17-16(11-14)15(8-9-19-17)10-13(3)12-18-5-2;1-2-7-3-5-8(9)6-4-7;1-4-5(2)3/h5-7,11-12,15,18H,2,4,8-10H2,1,3H3;3-6H,2H2,1H3;2,4H2,1,3H3/b13-12+;;. The number of hydrogen-bond acceptors (Lipinski definition) is 2. The summed E-state index contributed by atoms with van der Waals surface area (Å²) in [5.41, 5.74) is 6.54. The third-order valence-electron chi connectivity index (χ3n) is 5.59. The molecule has 1 N–H and O–H groups in total. The van der Waals surface area contributed by atoms with Crippen LogP contribution in [0.2, 0.25) is 0 Å². The fourth-order valence-electron chi connectivity index (χ4n) is 3.32. The first-order valence-corrected chi connectivity index (χ1v) is 12.0. The van der Waals surface area contributed by atoms with Crippen molar-refractivity contribution in [1.82, 2.24) is 5.32 Å². The highest BCUT2D eigenvalue weighted by Gasteiger charge is 2.21. The highest BCUT2D eigenvalue weighted by molar-refractivity contribution is 5.41. The Hall–Kier alpha value is -2.81. The average Bonchev–Trinajstić information content (AvgIpc) is 2.84. The minimum Gasteiger partial charge on any atom is -0.493 e. The molecule has 0 radical (unpaired) electrons. The van der Waals surface area contributed by atoms with Crippen LogP contribution in [0.25, 0.3) is 0 Å². The Morgan fingerprint density at radius 3 is 2.21 bits per heavy atom. The molecular formula is C30H42FNO. The zero-order valence-corrected chi connectivity index (χ0v) is 21.2. The monoisotopic (exact) mass is 451 g/mol. The van der Waals surface area contributed by atoms with Crippen molar-refractivity contribution in [3.8, 4) is 5.75 Å². The predicted octanol–water partition coefficient (Wildman–Crippen LogP) is 8.50. The van der Waals surface area contributed by atoms with Gasteiger partial charge in [-0.15, -0.1) is 6.58 Å². The molecular weight excluding hydrogens is 409 g/mol. The molecule has 0 amide bonds. The Labute approximate surface area is 201 Å². The van der Waals surface area contributed by atoms with E-state index in [2.05, 4.69) is 57.4 Å². The van der Waals surface area contributed by atoms with Crippen LogP contribution in [0.5, 0.6) is 5.75 Å². The van der Waals surface area contributed by atoms with Gasteiger partial charge in [-0.25, -0.2) is 4.39 Å². The SMILES string of the molecule is C=C(C)CC.C=CN/C=C(\C)CC1CCOc2ccc(CC)cc21.CCc1ccc(F)cc1. The van der Waals surface area contributed by atoms with Crippen molar-refractivity contribution in [1.29, 1.82) is 0 Å². The molecule has 0 saturated carbocycles. The number of nitrogens with one attached hydrogen (secondary N) is 1. The molecule has 0 aromatic heterocycles. The molecule has 0 bridgehead atoms. The molecule has 2 aromatic carbocycles. The second-order valence-electron chi connectivity index (χ2n) is 8.42. The van der Waals surface area contributed by atoms with Crippen molar-refractivity contribution in [2.75, 3.05) is 6.61 Å². The first kappa shape index (κ1) is 28.2. The normalized spacial score (nSPS) is 14.4. The third-order valence-corrected chi connectivity index (χ3v) is 5.59. The second kappa shape index (κ2) is 15.9. The number of allylic oxidation sites excluding steroid dienone is 2. The number of rotatable bonds is 7. The Bertz CT molecular complexity index is 883. The van der Waals surface area contributed by atoms with Crippen molar-refractivity contribution in [3.63, 3.8) is 0 Å². The smallest absolute Gasteiger partial charge is 0.123 e. The van der Waals surface area contributed by atoms with Gasteiger partial charge in [0.05, 0.1) is 6.61 Å². The molecule has 0 spiro atoms. The zero-order valence-electron chi connectivity index (χ0n) is 21.2. The largest absolute Gasteiger partial charge is 0.493 e. The maximum atomic E-state index is 12.2. The molecule has 1 heterocycles. The Morgan fingerprint density at radius 2 is 1.67 bits per heavy atom. The Balaban J connectivity index is 0.000000321. The quantitative estimate of drug-likeness (QED) is 0.426. The molecule has 3 heteroatoms. The van der Waals surface area contributed by atoms with E-state index < -0.39 is 0 Å². The van der Waals surface area contributed by atoms with E-state index in [1.165, 1.54) is 40.0 Å². The van der Waals surface area contributed by atoms with Crippen LogP contribution in [-0.4, -0.2) is 6.61 Å². The highest BCUT2D eigenvalue weighted by Crippen LogP contribution is 2.37. The van der Waals surface area contributed by atoms with Gasteiger partial charge >= 0.3 is 0 Å². The molecule has 0 fully saturated rings. The van der Waals surface area contributed by atoms with Crippen molar-refractivity contribution < 1.29 is 9.13 Å². The van der Waals surface area contributed by atoms with Crippen LogP contribution in [0.15, 0.2) is 79.2 Å². The first-order valence-electron chi connectivity index (χ1n) is 12.0. The fourth-order valence-corrected chi connectivity index (χ4v) is 3.32. The molecule has 3 rings (SSSR count). The summed E-state index contributed by atoms with van der Waals surface area (Å²) in [6, 6.07) is 13.2. The van der Waals surface area contributed by atoms with Gasteiger partial charge in [0.15, 0.2) is 0 Å². The Kier molecular flexibility index (Phi) is 13.6. The third kappa shape index (κ3) is 11.1. The lowest BCUT2D eigenvalue weighted by Gasteiger charge is -2.26. The summed E-state index contributed by atoms with van der Waals surface area (Å²) in [7, 11) is 0.